The predicted molar refractivity (Wildman–Crippen MR) is 93.6 cm³/mol. The summed E-state index contributed by atoms with van der Waals surface area (Å²) in [5.74, 6) is 0.652. The lowest BCUT2D eigenvalue weighted by Crippen LogP contribution is -2.20. The SMILES string of the molecule is Cc1ccc(C)c(OCCCc2nnc(NC(=O)C(C)Cl)s2)c1. The minimum atomic E-state index is -0.590. The zero-order valence-corrected chi connectivity index (χ0v) is 15.0. The Kier molecular flexibility index (Phi) is 6.36. The van der Waals surface area contributed by atoms with Crippen LogP contribution in [0.4, 0.5) is 5.13 Å². The average Bonchev–Trinajstić information content (AvgIpc) is 2.94. The average molecular weight is 354 g/mol. The maximum atomic E-state index is 11.5. The first-order valence-corrected chi connectivity index (χ1v) is 8.68. The van der Waals surface area contributed by atoms with E-state index < -0.39 is 5.38 Å². The number of nitrogens with one attached hydrogen (secondary N) is 1. The lowest BCUT2D eigenvalue weighted by Gasteiger charge is -2.09. The summed E-state index contributed by atoms with van der Waals surface area (Å²) in [5.41, 5.74) is 2.32. The Morgan fingerprint density at radius 2 is 2.17 bits per heavy atom. The van der Waals surface area contributed by atoms with Gasteiger partial charge in [-0.2, -0.15) is 0 Å². The van der Waals surface area contributed by atoms with E-state index in [0.717, 1.165) is 29.2 Å². The maximum Gasteiger partial charge on any atom is 0.243 e. The molecule has 0 aliphatic carbocycles. The number of aryl methyl sites for hydroxylation is 3. The van der Waals surface area contributed by atoms with Crippen LogP contribution in [-0.4, -0.2) is 28.1 Å². The zero-order valence-electron chi connectivity index (χ0n) is 13.4. The van der Waals surface area contributed by atoms with Crippen molar-refractivity contribution in [3.63, 3.8) is 0 Å². The second-order valence-corrected chi connectivity index (χ2v) is 7.04. The molecule has 0 bridgehead atoms. The van der Waals surface area contributed by atoms with E-state index in [4.69, 9.17) is 16.3 Å². The Hall–Kier alpha value is -1.66. The van der Waals surface area contributed by atoms with E-state index in [9.17, 15) is 4.79 Å². The summed E-state index contributed by atoms with van der Waals surface area (Å²) in [4.78, 5) is 11.5. The van der Waals surface area contributed by atoms with Crippen LogP contribution in [0.5, 0.6) is 5.75 Å². The van der Waals surface area contributed by atoms with Crippen LogP contribution in [0.25, 0.3) is 0 Å². The minimum Gasteiger partial charge on any atom is -0.493 e. The molecule has 1 aromatic heterocycles. The van der Waals surface area contributed by atoms with Crippen molar-refractivity contribution in [2.45, 2.75) is 39.0 Å². The molecule has 0 radical (unpaired) electrons. The molecule has 0 aliphatic heterocycles. The number of rotatable bonds is 7. The summed E-state index contributed by atoms with van der Waals surface area (Å²) >= 11 is 7.06. The number of alkyl halides is 1. The summed E-state index contributed by atoms with van der Waals surface area (Å²) in [6, 6.07) is 6.17. The van der Waals surface area contributed by atoms with Gasteiger partial charge in [-0.25, -0.2) is 0 Å². The van der Waals surface area contributed by atoms with Crippen LogP contribution in [0.15, 0.2) is 18.2 Å². The van der Waals surface area contributed by atoms with Gasteiger partial charge in [0, 0.05) is 6.42 Å². The van der Waals surface area contributed by atoms with E-state index in [1.165, 1.54) is 16.9 Å². The van der Waals surface area contributed by atoms with Gasteiger partial charge in [-0.1, -0.05) is 23.5 Å². The van der Waals surface area contributed by atoms with Gasteiger partial charge in [-0.05, 0) is 44.4 Å². The maximum absolute atomic E-state index is 11.5. The number of carbonyl (C=O) groups is 1. The van der Waals surface area contributed by atoms with Crippen molar-refractivity contribution in [3.8, 4) is 5.75 Å². The van der Waals surface area contributed by atoms with Crippen LogP contribution in [0.1, 0.15) is 29.5 Å². The molecule has 1 N–H and O–H groups in total. The lowest BCUT2D eigenvalue weighted by atomic mass is 10.1. The molecule has 1 unspecified atom stereocenters. The van der Waals surface area contributed by atoms with Gasteiger partial charge in [0.1, 0.15) is 16.1 Å². The number of hydrogen-bond donors (Lipinski definition) is 1. The highest BCUT2D eigenvalue weighted by Gasteiger charge is 2.12. The van der Waals surface area contributed by atoms with Gasteiger partial charge in [0.15, 0.2) is 0 Å². The number of aromatic nitrogens is 2. The number of ether oxygens (including phenoxy) is 1. The highest BCUT2D eigenvalue weighted by atomic mass is 35.5. The Morgan fingerprint density at radius 3 is 2.91 bits per heavy atom. The van der Waals surface area contributed by atoms with Crippen LogP contribution in [0.2, 0.25) is 0 Å². The third-order valence-electron chi connectivity index (χ3n) is 3.19. The normalized spacial score (nSPS) is 12.0. The molecule has 2 aromatic rings. The fourth-order valence-corrected chi connectivity index (χ4v) is 2.72. The number of benzene rings is 1. The Balaban J connectivity index is 1.77. The second-order valence-electron chi connectivity index (χ2n) is 5.33. The molecule has 0 spiro atoms. The van der Waals surface area contributed by atoms with Gasteiger partial charge in [0.2, 0.25) is 11.0 Å². The van der Waals surface area contributed by atoms with Gasteiger partial charge in [-0.15, -0.1) is 21.8 Å². The molecule has 1 heterocycles. The predicted octanol–water partition coefficient (Wildman–Crippen LogP) is 3.73. The molecule has 7 heteroatoms. The highest BCUT2D eigenvalue weighted by Crippen LogP contribution is 2.20. The molecule has 23 heavy (non-hydrogen) atoms. The number of nitrogens with zero attached hydrogens (tertiary/aromatic N) is 2. The van der Waals surface area contributed by atoms with Crippen LogP contribution >= 0.6 is 22.9 Å². The lowest BCUT2D eigenvalue weighted by molar-refractivity contribution is -0.115. The second kappa shape index (κ2) is 8.26. The number of carbonyl (C=O) groups excluding carboxylic acids is 1. The smallest absolute Gasteiger partial charge is 0.243 e. The van der Waals surface area contributed by atoms with Crippen LogP contribution in [-0.2, 0) is 11.2 Å². The fraction of sp³-hybridized carbons (Fsp3) is 0.438. The molecule has 0 saturated heterocycles. The van der Waals surface area contributed by atoms with Gasteiger partial charge < -0.3 is 4.74 Å². The molecular weight excluding hydrogens is 334 g/mol. The summed E-state index contributed by atoms with van der Waals surface area (Å²) in [6.07, 6.45) is 1.59. The number of amides is 1. The molecular formula is C16H20ClN3O2S. The first-order valence-electron chi connectivity index (χ1n) is 7.43. The summed E-state index contributed by atoms with van der Waals surface area (Å²) in [7, 11) is 0. The Labute approximate surface area is 145 Å². The molecule has 1 aromatic carbocycles. The number of anilines is 1. The molecule has 2 rings (SSSR count). The largest absolute Gasteiger partial charge is 0.493 e. The third-order valence-corrected chi connectivity index (χ3v) is 4.29. The zero-order chi connectivity index (χ0) is 16.8. The number of halogens is 1. The van der Waals surface area contributed by atoms with Crippen molar-refractivity contribution in [1.29, 1.82) is 0 Å². The van der Waals surface area contributed by atoms with Gasteiger partial charge >= 0.3 is 0 Å². The van der Waals surface area contributed by atoms with Crippen molar-refractivity contribution in [3.05, 3.63) is 34.3 Å². The van der Waals surface area contributed by atoms with Crippen LogP contribution in [0.3, 0.4) is 0 Å². The van der Waals surface area contributed by atoms with Crippen LogP contribution < -0.4 is 10.1 Å². The van der Waals surface area contributed by atoms with E-state index >= 15 is 0 Å². The van der Waals surface area contributed by atoms with Crippen molar-refractivity contribution >= 4 is 34.0 Å². The highest BCUT2D eigenvalue weighted by molar-refractivity contribution is 7.15. The topological polar surface area (TPSA) is 64.1 Å². The minimum absolute atomic E-state index is 0.271. The Morgan fingerprint density at radius 1 is 1.39 bits per heavy atom. The monoisotopic (exact) mass is 353 g/mol. The Bertz CT molecular complexity index is 673. The molecule has 0 fully saturated rings. The van der Waals surface area contributed by atoms with Crippen molar-refractivity contribution in [1.82, 2.24) is 10.2 Å². The molecule has 0 aliphatic rings. The van der Waals surface area contributed by atoms with Gasteiger partial charge in [-0.3, -0.25) is 10.1 Å². The van der Waals surface area contributed by atoms with Crippen molar-refractivity contribution in [2.24, 2.45) is 0 Å². The molecule has 5 nitrogen and oxygen atoms in total. The van der Waals surface area contributed by atoms with Crippen molar-refractivity contribution in [2.75, 3.05) is 11.9 Å². The standard InChI is InChI=1S/C16H20ClN3O2S/c1-10-6-7-11(2)13(9-10)22-8-4-5-14-19-20-16(23-14)18-15(21)12(3)17/h6-7,9,12H,4-5,8H2,1-3H3,(H,18,20,21). The molecule has 1 atom stereocenters. The van der Waals surface area contributed by atoms with E-state index in [1.54, 1.807) is 6.92 Å². The summed E-state index contributed by atoms with van der Waals surface area (Å²) in [6.45, 7) is 6.31. The van der Waals surface area contributed by atoms with Gasteiger partial charge in [0.05, 0.1) is 6.61 Å². The number of hydrogen-bond acceptors (Lipinski definition) is 5. The fourth-order valence-electron chi connectivity index (χ4n) is 1.88. The van der Waals surface area contributed by atoms with E-state index in [0.29, 0.717) is 11.7 Å². The van der Waals surface area contributed by atoms with E-state index in [2.05, 4.69) is 27.6 Å². The quantitative estimate of drug-likeness (QED) is 0.608. The van der Waals surface area contributed by atoms with Crippen molar-refractivity contribution < 1.29 is 9.53 Å². The van der Waals surface area contributed by atoms with Gasteiger partial charge in [0.25, 0.3) is 0 Å². The first-order chi connectivity index (χ1) is 11.0. The molecule has 0 saturated carbocycles. The first kappa shape index (κ1) is 17.7. The van der Waals surface area contributed by atoms with E-state index in [-0.39, 0.29) is 5.91 Å². The summed E-state index contributed by atoms with van der Waals surface area (Å²) < 4.78 is 5.81. The molecule has 1 amide bonds. The summed E-state index contributed by atoms with van der Waals surface area (Å²) in [5, 5.41) is 11.4. The van der Waals surface area contributed by atoms with Crippen LogP contribution in [0, 0.1) is 13.8 Å². The molecule has 124 valence electrons. The van der Waals surface area contributed by atoms with E-state index in [1.807, 2.05) is 19.9 Å². The third kappa shape index (κ3) is 5.48.